The second kappa shape index (κ2) is 5.16. The standard InChI is InChI=1S/C10H18F3NO/c1-2-5-15-9-4-3-7(6-8(9)14)10(11,12)13/h7-9H,2-6,14H2,1H3/t7-,8-,9-/m1/s1. The van der Waals surface area contributed by atoms with Crippen molar-refractivity contribution < 1.29 is 17.9 Å². The fraction of sp³-hybridized carbons (Fsp3) is 1.00. The molecule has 0 radical (unpaired) electrons. The van der Waals surface area contributed by atoms with E-state index in [-0.39, 0.29) is 18.9 Å². The SMILES string of the molecule is CCCO[C@@H]1CC[C@@H](C(F)(F)F)C[C@H]1N. The third-order valence-electron chi connectivity index (χ3n) is 2.83. The van der Waals surface area contributed by atoms with Gasteiger partial charge in [-0.25, -0.2) is 0 Å². The maximum absolute atomic E-state index is 12.4. The van der Waals surface area contributed by atoms with E-state index in [0.717, 1.165) is 6.42 Å². The van der Waals surface area contributed by atoms with Crippen molar-refractivity contribution in [2.24, 2.45) is 11.7 Å². The van der Waals surface area contributed by atoms with E-state index in [0.29, 0.717) is 13.0 Å². The molecule has 0 spiro atoms. The van der Waals surface area contributed by atoms with Crippen LogP contribution in [0.5, 0.6) is 0 Å². The van der Waals surface area contributed by atoms with Gasteiger partial charge in [0.25, 0.3) is 0 Å². The molecule has 1 aliphatic carbocycles. The number of ether oxygens (including phenoxy) is 1. The summed E-state index contributed by atoms with van der Waals surface area (Å²) in [6.07, 6.45) is -2.86. The summed E-state index contributed by atoms with van der Waals surface area (Å²) in [5.74, 6) is -1.24. The molecule has 0 bridgehead atoms. The average molecular weight is 225 g/mol. The van der Waals surface area contributed by atoms with E-state index < -0.39 is 18.1 Å². The molecule has 0 unspecified atom stereocenters. The van der Waals surface area contributed by atoms with Crippen LogP contribution < -0.4 is 5.73 Å². The minimum Gasteiger partial charge on any atom is -0.377 e. The lowest BCUT2D eigenvalue weighted by molar-refractivity contribution is -0.189. The third-order valence-corrected chi connectivity index (χ3v) is 2.83. The molecule has 2 N–H and O–H groups in total. The Bertz CT molecular complexity index is 196. The molecule has 1 saturated carbocycles. The lowest BCUT2D eigenvalue weighted by Crippen LogP contribution is -2.45. The van der Waals surface area contributed by atoms with Crippen LogP contribution >= 0.6 is 0 Å². The second-order valence-corrected chi connectivity index (χ2v) is 4.12. The largest absolute Gasteiger partial charge is 0.391 e. The molecule has 15 heavy (non-hydrogen) atoms. The van der Waals surface area contributed by atoms with Crippen LogP contribution in [-0.4, -0.2) is 24.9 Å². The Labute approximate surface area is 88.0 Å². The molecular weight excluding hydrogens is 207 g/mol. The van der Waals surface area contributed by atoms with Gasteiger partial charge < -0.3 is 10.5 Å². The van der Waals surface area contributed by atoms with E-state index in [1.54, 1.807) is 0 Å². The van der Waals surface area contributed by atoms with Crippen molar-refractivity contribution in [3.05, 3.63) is 0 Å². The number of alkyl halides is 3. The van der Waals surface area contributed by atoms with Gasteiger partial charge in [0.2, 0.25) is 0 Å². The molecule has 5 heteroatoms. The van der Waals surface area contributed by atoms with Crippen molar-refractivity contribution in [2.75, 3.05) is 6.61 Å². The lowest BCUT2D eigenvalue weighted by atomic mass is 9.83. The Morgan fingerprint density at radius 1 is 1.33 bits per heavy atom. The highest BCUT2D eigenvalue weighted by atomic mass is 19.4. The topological polar surface area (TPSA) is 35.2 Å². The van der Waals surface area contributed by atoms with Crippen LogP contribution in [0.1, 0.15) is 32.6 Å². The van der Waals surface area contributed by atoms with Gasteiger partial charge in [-0.15, -0.1) is 0 Å². The Morgan fingerprint density at radius 3 is 2.47 bits per heavy atom. The first-order valence-corrected chi connectivity index (χ1v) is 5.39. The van der Waals surface area contributed by atoms with Crippen molar-refractivity contribution in [1.29, 1.82) is 0 Å². The number of rotatable bonds is 3. The molecule has 0 aromatic rings. The molecule has 0 aromatic heterocycles. The summed E-state index contributed by atoms with van der Waals surface area (Å²) in [4.78, 5) is 0. The molecule has 0 amide bonds. The molecule has 1 fully saturated rings. The zero-order valence-electron chi connectivity index (χ0n) is 8.89. The summed E-state index contributed by atoms with van der Waals surface area (Å²) in [5.41, 5.74) is 5.68. The molecule has 0 heterocycles. The van der Waals surface area contributed by atoms with Crippen molar-refractivity contribution >= 4 is 0 Å². The summed E-state index contributed by atoms with van der Waals surface area (Å²) in [6, 6.07) is -0.475. The Balaban J connectivity index is 2.41. The maximum Gasteiger partial charge on any atom is 0.391 e. The molecule has 0 saturated heterocycles. The van der Waals surface area contributed by atoms with Crippen LogP contribution in [0.4, 0.5) is 13.2 Å². The van der Waals surface area contributed by atoms with E-state index in [1.807, 2.05) is 6.92 Å². The quantitative estimate of drug-likeness (QED) is 0.800. The van der Waals surface area contributed by atoms with Crippen molar-refractivity contribution in [1.82, 2.24) is 0 Å². The number of hydrogen-bond acceptors (Lipinski definition) is 2. The van der Waals surface area contributed by atoms with Crippen molar-refractivity contribution in [2.45, 2.75) is 50.9 Å². The van der Waals surface area contributed by atoms with E-state index in [1.165, 1.54) is 0 Å². The molecule has 0 aromatic carbocycles. The maximum atomic E-state index is 12.4. The van der Waals surface area contributed by atoms with Crippen LogP contribution in [0.3, 0.4) is 0 Å². The number of hydrogen-bond donors (Lipinski definition) is 1. The van der Waals surface area contributed by atoms with E-state index >= 15 is 0 Å². The predicted octanol–water partition coefficient (Wildman–Crippen LogP) is 2.47. The predicted molar refractivity (Wildman–Crippen MR) is 51.4 cm³/mol. The molecule has 0 aliphatic heterocycles. The molecule has 2 nitrogen and oxygen atoms in total. The third kappa shape index (κ3) is 3.65. The molecule has 1 aliphatic rings. The minimum absolute atomic E-state index is 0.00210. The molecule has 3 atom stereocenters. The molecule has 90 valence electrons. The molecule has 1 rings (SSSR count). The van der Waals surface area contributed by atoms with Gasteiger partial charge >= 0.3 is 6.18 Å². The van der Waals surface area contributed by atoms with Gasteiger partial charge in [-0.2, -0.15) is 13.2 Å². The monoisotopic (exact) mass is 225 g/mol. The number of nitrogens with two attached hydrogens (primary N) is 1. The van der Waals surface area contributed by atoms with Crippen molar-refractivity contribution in [3.8, 4) is 0 Å². The summed E-state index contributed by atoms with van der Waals surface area (Å²) >= 11 is 0. The first kappa shape index (κ1) is 12.8. The van der Waals surface area contributed by atoms with E-state index in [9.17, 15) is 13.2 Å². The normalized spacial score (nSPS) is 33.0. The fourth-order valence-corrected chi connectivity index (χ4v) is 1.95. The highest BCUT2D eigenvalue weighted by molar-refractivity contribution is 4.86. The first-order valence-electron chi connectivity index (χ1n) is 5.39. The Hall–Kier alpha value is -0.290. The first-order chi connectivity index (χ1) is 6.95. The van der Waals surface area contributed by atoms with Gasteiger partial charge in [-0.3, -0.25) is 0 Å². The van der Waals surface area contributed by atoms with Crippen LogP contribution in [0.25, 0.3) is 0 Å². The van der Waals surface area contributed by atoms with Crippen LogP contribution in [0.15, 0.2) is 0 Å². The van der Waals surface area contributed by atoms with E-state index in [2.05, 4.69) is 0 Å². The van der Waals surface area contributed by atoms with Gasteiger partial charge in [-0.05, 0) is 25.7 Å². The van der Waals surface area contributed by atoms with Gasteiger partial charge in [0.1, 0.15) is 0 Å². The summed E-state index contributed by atoms with van der Waals surface area (Å²) in [7, 11) is 0. The lowest BCUT2D eigenvalue weighted by Gasteiger charge is -2.34. The van der Waals surface area contributed by atoms with Gasteiger partial charge in [0.05, 0.1) is 12.0 Å². The fourth-order valence-electron chi connectivity index (χ4n) is 1.95. The summed E-state index contributed by atoms with van der Waals surface area (Å²) < 4.78 is 42.6. The van der Waals surface area contributed by atoms with Crippen LogP contribution in [0.2, 0.25) is 0 Å². The van der Waals surface area contributed by atoms with Gasteiger partial charge in [-0.1, -0.05) is 6.92 Å². The Kier molecular flexibility index (Phi) is 4.40. The summed E-state index contributed by atoms with van der Waals surface area (Å²) in [5, 5.41) is 0. The minimum atomic E-state index is -4.10. The average Bonchev–Trinajstić information content (AvgIpc) is 2.14. The van der Waals surface area contributed by atoms with Crippen LogP contribution in [0, 0.1) is 5.92 Å². The van der Waals surface area contributed by atoms with Crippen molar-refractivity contribution in [3.63, 3.8) is 0 Å². The smallest absolute Gasteiger partial charge is 0.377 e. The van der Waals surface area contributed by atoms with E-state index in [4.69, 9.17) is 10.5 Å². The summed E-state index contributed by atoms with van der Waals surface area (Å²) in [6.45, 7) is 2.54. The number of halogens is 3. The highest BCUT2D eigenvalue weighted by Gasteiger charge is 2.44. The zero-order valence-corrected chi connectivity index (χ0v) is 8.89. The molecular formula is C10H18F3NO. The zero-order chi connectivity index (χ0) is 11.5. The Morgan fingerprint density at radius 2 is 2.00 bits per heavy atom. The highest BCUT2D eigenvalue weighted by Crippen LogP contribution is 2.37. The van der Waals surface area contributed by atoms with Gasteiger partial charge in [0, 0.05) is 12.6 Å². The second-order valence-electron chi connectivity index (χ2n) is 4.12. The van der Waals surface area contributed by atoms with Gasteiger partial charge in [0.15, 0.2) is 0 Å². The van der Waals surface area contributed by atoms with Crippen LogP contribution in [-0.2, 0) is 4.74 Å².